The van der Waals surface area contributed by atoms with Gasteiger partial charge in [0.2, 0.25) is 0 Å². The summed E-state index contributed by atoms with van der Waals surface area (Å²) in [5, 5.41) is 3.42. The van der Waals surface area contributed by atoms with Gasteiger partial charge in [0.15, 0.2) is 0 Å². The highest BCUT2D eigenvalue weighted by atomic mass is 16.5. The lowest BCUT2D eigenvalue weighted by Gasteiger charge is -2.12. The molecule has 1 aliphatic rings. The predicted octanol–water partition coefficient (Wildman–Crippen LogP) is 2.55. The Labute approximate surface area is 137 Å². The summed E-state index contributed by atoms with van der Waals surface area (Å²) in [5.41, 5.74) is 1.10. The second kappa shape index (κ2) is 7.55. The maximum Gasteiger partial charge on any atom is 0.129 e. The van der Waals surface area contributed by atoms with E-state index in [9.17, 15) is 0 Å². The number of hydrogen-bond acceptors (Lipinski definition) is 5. The maximum absolute atomic E-state index is 5.46. The summed E-state index contributed by atoms with van der Waals surface area (Å²) in [6.45, 7) is 7.55. The van der Waals surface area contributed by atoms with E-state index in [1.807, 2.05) is 19.3 Å². The predicted molar refractivity (Wildman–Crippen MR) is 89.7 cm³/mol. The van der Waals surface area contributed by atoms with Gasteiger partial charge in [-0.3, -0.25) is 0 Å². The van der Waals surface area contributed by atoms with Gasteiger partial charge in [-0.25, -0.2) is 15.0 Å². The van der Waals surface area contributed by atoms with Crippen LogP contribution in [0, 0.1) is 6.92 Å². The third-order valence-electron chi connectivity index (χ3n) is 4.21. The fourth-order valence-corrected chi connectivity index (χ4v) is 2.98. The number of nitrogens with zero attached hydrogens (tertiary/aromatic N) is 4. The molecule has 2 aromatic heterocycles. The van der Waals surface area contributed by atoms with Crippen LogP contribution in [-0.2, 0) is 17.7 Å². The van der Waals surface area contributed by atoms with E-state index in [1.54, 1.807) is 0 Å². The Kier molecular flexibility index (Phi) is 5.23. The molecule has 2 aromatic rings. The van der Waals surface area contributed by atoms with Crippen LogP contribution in [-0.4, -0.2) is 39.3 Å². The van der Waals surface area contributed by atoms with Gasteiger partial charge in [-0.2, -0.15) is 0 Å². The first kappa shape index (κ1) is 15.9. The van der Waals surface area contributed by atoms with E-state index in [0.29, 0.717) is 5.92 Å². The Hall–Kier alpha value is -1.95. The van der Waals surface area contributed by atoms with Crippen LogP contribution >= 0.6 is 0 Å². The van der Waals surface area contributed by atoms with E-state index in [0.717, 1.165) is 68.7 Å². The zero-order valence-corrected chi connectivity index (χ0v) is 14.0. The van der Waals surface area contributed by atoms with Gasteiger partial charge in [0.25, 0.3) is 0 Å². The molecule has 0 unspecified atom stereocenters. The quantitative estimate of drug-likeness (QED) is 0.796. The van der Waals surface area contributed by atoms with Crippen molar-refractivity contribution in [3.05, 3.63) is 35.8 Å². The van der Waals surface area contributed by atoms with Crippen molar-refractivity contribution in [1.82, 2.24) is 19.5 Å². The van der Waals surface area contributed by atoms with Gasteiger partial charge in [0.05, 0.1) is 12.3 Å². The number of aromatic nitrogens is 4. The van der Waals surface area contributed by atoms with Gasteiger partial charge in [-0.1, -0.05) is 6.92 Å². The minimum atomic E-state index is 0.412. The Morgan fingerprint density at radius 1 is 1.39 bits per heavy atom. The number of ether oxygens (including phenoxy) is 1. The lowest BCUT2D eigenvalue weighted by atomic mass is 10.0. The average molecular weight is 315 g/mol. The van der Waals surface area contributed by atoms with Crippen molar-refractivity contribution >= 4 is 5.82 Å². The van der Waals surface area contributed by atoms with Gasteiger partial charge < -0.3 is 14.6 Å². The van der Waals surface area contributed by atoms with E-state index < -0.39 is 0 Å². The topological polar surface area (TPSA) is 64.9 Å². The number of nitrogens with one attached hydrogen (secondary N) is 1. The van der Waals surface area contributed by atoms with E-state index in [1.165, 1.54) is 0 Å². The fraction of sp³-hybridized carbons (Fsp3) is 0.588. The molecule has 3 heterocycles. The summed E-state index contributed by atoms with van der Waals surface area (Å²) < 4.78 is 7.68. The standard InChI is InChI=1S/C17H25N5O/c1-3-17-19-7-9-22(17)8-4-6-18-16-11-15(20-13(2)21-16)14-5-10-23-12-14/h7,9,11,14H,3-6,8,10,12H2,1-2H3,(H,18,20,21)/t14-/m0/s1. The van der Waals surface area contributed by atoms with E-state index in [2.05, 4.69) is 37.8 Å². The van der Waals surface area contributed by atoms with Crippen LogP contribution in [0.5, 0.6) is 0 Å². The smallest absolute Gasteiger partial charge is 0.129 e. The minimum absolute atomic E-state index is 0.412. The molecule has 1 aliphatic heterocycles. The Morgan fingerprint density at radius 3 is 3.09 bits per heavy atom. The number of hydrogen-bond donors (Lipinski definition) is 1. The molecule has 23 heavy (non-hydrogen) atoms. The van der Waals surface area contributed by atoms with Crippen molar-refractivity contribution in [3.8, 4) is 0 Å². The van der Waals surface area contributed by atoms with Crippen LogP contribution in [0.2, 0.25) is 0 Å². The Morgan fingerprint density at radius 2 is 2.30 bits per heavy atom. The van der Waals surface area contributed by atoms with Crippen molar-refractivity contribution < 1.29 is 4.74 Å². The summed E-state index contributed by atoms with van der Waals surface area (Å²) in [6.07, 6.45) is 6.98. The molecule has 6 heteroatoms. The normalized spacial score (nSPS) is 17.6. The maximum atomic E-state index is 5.46. The highest BCUT2D eigenvalue weighted by Gasteiger charge is 2.20. The molecule has 3 rings (SSSR count). The molecule has 0 amide bonds. The van der Waals surface area contributed by atoms with Crippen LogP contribution < -0.4 is 5.32 Å². The zero-order chi connectivity index (χ0) is 16.1. The number of anilines is 1. The largest absolute Gasteiger partial charge is 0.381 e. The SMILES string of the molecule is CCc1nccn1CCCNc1cc([C@H]2CCOC2)nc(C)n1. The Balaban J connectivity index is 1.53. The first-order chi connectivity index (χ1) is 11.3. The van der Waals surface area contributed by atoms with E-state index in [-0.39, 0.29) is 0 Å². The van der Waals surface area contributed by atoms with Crippen molar-refractivity contribution in [1.29, 1.82) is 0 Å². The number of aryl methyl sites for hydroxylation is 3. The lowest BCUT2D eigenvalue weighted by Crippen LogP contribution is -2.11. The van der Waals surface area contributed by atoms with Crippen molar-refractivity contribution in [2.75, 3.05) is 25.1 Å². The summed E-state index contributed by atoms with van der Waals surface area (Å²) in [7, 11) is 0. The average Bonchev–Trinajstić information content (AvgIpc) is 3.22. The molecule has 0 aliphatic carbocycles. The van der Waals surface area contributed by atoms with Gasteiger partial charge in [-0.05, 0) is 19.8 Å². The van der Waals surface area contributed by atoms with Gasteiger partial charge >= 0.3 is 0 Å². The molecule has 124 valence electrons. The minimum Gasteiger partial charge on any atom is -0.381 e. The Bertz CT molecular complexity index is 634. The molecule has 0 bridgehead atoms. The molecule has 0 saturated carbocycles. The molecular weight excluding hydrogens is 290 g/mol. The first-order valence-corrected chi connectivity index (χ1v) is 8.43. The van der Waals surface area contributed by atoms with E-state index >= 15 is 0 Å². The monoisotopic (exact) mass is 315 g/mol. The van der Waals surface area contributed by atoms with Crippen LogP contribution in [0.3, 0.4) is 0 Å². The zero-order valence-electron chi connectivity index (χ0n) is 14.0. The van der Waals surface area contributed by atoms with Gasteiger partial charge in [0, 0.05) is 50.5 Å². The highest BCUT2D eigenvalue weighted by molar-refractivity contribution is 5.37. The molecule has 1 atom stereocenters. The molecule has 6 nitrogen and oxygen atoms in total. The van der Waals surface area contributed by atoms with Crippen LogP contribution in [0.4, 0.5) is 5.82 Å². The summed E-state index contributed by atoms with van der Waals surface area (Å²) >= 11 is 0. The molecular formula is C17H25N5O. The summed E-state index contributed by atoms with van der Waals surface area (Å²) in [4.78, 5) is 13.4. The van der Waals surface area contributed by atoms with Crippen LogP contribution in [0.15, 0.2) is 18.5 Å². The molecule has 0 spiro atoms. The van der Waals surface area contributed by atoms with E-state index in [4.69, 9.17) is 4.74 Å². The summed E-state index contributed by atoms with van der Waals surface area (Å²) in [5.74, 6) is 3.29. The first-order valence-electron chi connectivity index (χ1n) is 8.43. The second-order valence-electron chi connectivity index (χ2n) is 5.96. The van der Waals surface area contributed by atoms with Crippen LogP contribution in [0.25, 0.3) is 0 Å². The summed E-state index contributed by atoms with van der Waals surface area (Å²) in [6, 6.07) is 2.07. The molecule has 0 aromatic carbocycles. The lowest BCUT2D eigenvalue weighted by molar-refractivity contribution is 0.193. The molecule has 1 fully saturated rings. The third-order valence-corrected chi connectivity index (χ3v) is 4.21. The van der Waals surface area contributed by atoms with Crippen molar-refractivity contribution in [2.24, 2.45) is 0 Å². The molecule has 0 radical (unpaired) electrons. The van der Waals surface area contributed by atoms with Gasteiger partial charge in [0.1, 0.15) is 17.5 Å². The second-order valence-corrected chi connectivity index (χ2v) is 5.96. The molecule has 1 saturated heterocycles. The molecule has 1 N–H and O–H groups in total. The highest BCUT2D eigenvalue weighted by Crippen LogP contribution is 2.25. The number of imidazole rings is 1. The van der Waals surface area contributed by atoms with Gasteiger partial charge in [-0.15, -0.1) is 0 Å². The van der Waals surface area contributed by atoms with Crippen molar-refractivity contribution in [2.45, 2.75) is 45.6 Å². The fourth-order valence-electron chi connectivity index (χ4n) is 2.98. The van der Waals surface area contributed by atoms with Crippen LogP contribution in [0.1, 0.15) is 43.0 Å². The number of rotatable bonds is 7. The van der Waals surface area contributed by atoms with Crippen molar-refractivity contribution in [3.63, 3.8) is 0 Å². The third kappa shape index (κ3) is 4.07.